The van der Waals surface area contributed by atoms with E-state index in [0.29, 0.717) is 10.6 Å². The van der Waals surface area contributed by atoms with Crippen LogP contribution in [0.3, 0.4) is 0 Å². The molecule has 0 saturated heterocycles. The topological polar surface area (TPSA) is 17.1 Å². The van der Waals surface area contributed by atoms with Gasteiger partial charge in [0.15, 0.2) is 0 Å². The fourth-order valence-electron chi connectivity index (χ4n) is 0.876. The lowest BCUT2D eigenvalue weighted by molar-refractivity contribution is -0.104. The van der Waals surface area contributed by atoms with Gasteiger partial charge >= 0.3 is 0 Å². The van der Waals surface area contributed by atoms with Crippen LogP contribution in [0.25, 0.3) is 5.03 Å². The zero-order chi connectivity index (χ0) is 9.84. The van der Waals surface area contributed by atoms with Gasteiger partial charge in [0.25, 0.3) is 0 Å². The molecule has 0 aliphatic heterocycles. The van der Waals surface area contributed by atoms with Gasteiger partial charge in [0.05, 0.1) is 5.03 Å². The van der Waals surface area contributed by atoms with E-state index in [2.05, 4.69) is 15.9 Å². The van der Waals surface area contributed by atoms with E-state index >= 15 is 0 Å². The lowest BCUT2D eigenvalue weighted by Gasteiger charge is -2.00. The highest BCUT2D eigenvalue weighted by Crippen LogP contribution is 2.23. The highest BCUT2D eigenvalue weighted by molar-refractivity contribution is 9.10. The predicted molar refractivity (Wildman–Crippen MR) is 58.7 cm³/mol. The lowest BCUT2D eigenvalue weighted by Crippen LogP contribution is -1.83. The number of benzene rings is 1. The van der Waals surface area contributed by atoms with Crippen LogP contribution in [0.15, 0.2) is 34.3 Å². The van der Waals surface area contributed by atoms with Gasteiger partial charge < -0.3 is 0 Å². The summed E-state index contributed by atoms with van der Waals surface area (Å²) in [5.41, 5.74) is 1.40. The third-order valence-corrected chi connectivity index (χ3v) is 2.67. The second-order valence-corrected chi connectivity index (χ2v) is 3.92. The number of aldehydes is 1. The van der Waals surface area contributed by atoms with Gasteiger partial charge in [-0.2, -0.15) is 0 Å². The first-order valence-electron chi connectivity index (χ1n) is 3.72. The molecule has 0 N–H and O–H groups in total. The van der Waals surface area contributed by atoms with E-state index in [9.17, 15) is 4.79 Å². The van der Waals surface area contributed by atoms with Crippen molar-refractivity contribution in [2.45, 2.75) is 6.92 Å². The Morgan fingerprint density at radius 1 is 1.38 bits per heavy atom. The summed E-state index contributed by atoms with van der Waals surface area (Å²) in [6.07, 6.45) is 0.754. The van der Waals surface area contributed by atoms with Gasteiger partial charge in [0.1, 0.15) is 6.29 Å². The number of hydrogen-bond acceptors (Lipinski definition) is 1. The molecule has 0 atom stereocenters. The molecule has 13 heavy (non-hydrogen) atoms. The Morgan fingerprint density at radius 2 is 1.92 bits per heavy atom. The Labute approximate surface area is 90.5 Å². The van der Waals surface area contributed by atoms with Crippen LogP contribution in [0.4, 0.5) is 0 Å². The van der Waals surface area contributed by atoms with E-state index in [-0.39, 0.29) is 0 Å². The van der Waals surface area contributed by atoms with Gasteiger partial charge in [-0.3, -0.25) is 4.79 Å². The van der Waals surface area contributed by atoms with Crippen LogP contribution in [-0.2, 0) is 4.79 Å². The number of hydrogen-bond donors (Lipinski definition) is 0. The first-order chi connectivity index (χ1) is 6.15. The minimum absolute atomic E-state index is 0.502. The molecule has 0 heterocycles. The van der Waals surface area contributed by atoms with Crippen molar-refractivity contribution in [1.29, 1.82) is 0 Å². The number of halogens is 2. The zero-order valence-electron chi connectivity index (χ0n) is 7.05. The molecule has 68 valence electrons. The fourth-order valence-corrected chi connectivity index (χ4v) is 1.31. The van der Waals surface area contributed by atoms with Crippen molar-refractivity contribution in [2.24, 2.45) is 0 Å². The normalized spacial score (nSPS) is 12.2. The molecule has 0 aliphatic carbocycles. The Morgan fingerprint density at radius 3 is 2.38 bits per heavy atom. The maximum Gasteiger partial charge on any atom is 0.147 e. The molecule has 1 rings (SSSR count). The first-order valence-corrected chi connectivity index (χ1v) is 4.89. The van der Waals surface area contributed by atoms with Gasteiger partial charge in [-0.15, -0.1) is 0 Å². The van der Waals surface area contributed by atoms with Crippen molar-refractivity contribution in [1.82, 2.24) is 0 Å². The van der Waals surface area contributed by atoms with E-state index in [1.165, 1.54) is 0 Å². The molecule has 0 amide bonds. The van der Waals surface area contributed by atoms with E-state index in [1.54, 1.807) is 6.92 Å². The van der Waals surface area contributed by atoms with Gasteiger partial charge in [0, 0.05) is 10.0 Å². The van der Waals surface area contributed by atoms with Crippen molar-refractivity contribution in [3.05, 3.63) is 39.9 Å². The van der Waals surface area contributed by atoms with E-state index in [1.807, 2.05) is 24.3 Å². The molecule has 1 aromatic rings. The van der Waals surface area contributed by atoms with Gasteiger partial charge in [0.2, 0.25) is 0 Å². The van der Waals surface area contributed by atoms with E-state index in [4.69, 9.17) is 11.6 Å². The largest absolute Gasteiger partial charge is 0.298 e. The maximum absolute atomic E-state index is 10.4. The third kappa shape index (κ3) is 2.68. The van der Waals surface area contributed by atoms with Crippen molar-refractivity contribution in [3.8, 4) is 0 Å². The minimum atomic E-state index is 0.502. The number of carbonyl (C=O) groups excluding carboxylic acids is 1. The van der Waals surface area contributed by atoms with Crippen LogP contribution in [0.2, 0.25) is 0 Å². The quantitative estimate of drug-likeness (QED) is 0.586. The number of rotatable bonds is 2. The van der Waals surface area contributed by atoms with Crippen LogP contribution >= 0.6 is 27.5 Å². The summed E-state index contributed by atoms with van der Waals surface area (Å²) >= 11 is 9.26. The average molecular weight is 260 g/mol. The fraction of sp³-hybridized carbons (Fsp3) is 0.100. The van der Waals surface area contributed by atoms with Gasteiger partial charge in [-0.25, -0.2) is 0 Å². The van der Waals surface area contributed by atoms with Crippen molar-refractivity contribution >= 4 is 38.8 Å². The Kier molecular flexibility index (Phi) is 3.70. The molecular formula is C10H8BrClO. The van der Waals surface area contributed by atoms with Crippen molar-refractivity contribution < 1.29 is 4.79 Å². The lowest BCUT2D eigenvalue weighted by atomic mass is 10.1. The molecule has 3 heteroatoms. The Bertz CT molecular complexity index is 340. The summed E-state index contributed by atoms with van der Waals surface area (Å²) in [6.45, 7) is 1.69. The smallest absolute Gasteiger partial charge is 0.147 e. The SMILES string of the molecule is CC(C=O)=C(Cl)c1ccc(Br)cc1. The predicted octanol–water partition coefficient (Wildman–Crippen LogP) is 3.62. The molecular weight excluding hydrogens is 251 g/mol. The summed E-state index contributed by atoms with van der Waals surface area (Å²) in [4.78, 5) is 10.4. The van der Waals surface area contributed by atoms with Crippen LogP contribution in [0.1, 0.15) is 12.5 Å². The Hall–Kier alpha value is -0.600. The van der Waals surface area contributed by atoms with Crippen LogP contribution in [-0.4, -0.2) is 6.29 Å². The molecule has 1 nitrogen and oxygen atoms in total. The van der Waals surface area contributed by atoms with E-state index < -0.39 is 0 Å². The standard InChI is InChI=1S/C10H8BrClO/c1-7(6-13)10(12)8-2-4-9(11)5-3-8/h2-6H,1H3. The highest BCUT2D eigenvalue weighted by Gasteiger charge is 2.01. The maximum atomic E-state index is 10.4. The molecule has 0 unspecified atom stereocenters. The molecule has 0 aliphatic rings. The first kappa shape index (κ1) is 10.5. The van der Waals surface area contributed by atoms with Crippen LogP contribution < -0.4 is 0 Å². The summed E-state index contributed by atoms with van der Waals surface area (Å²) in [6, 6.07) is 7.49. The molecule has 1 aromatic carbocycles. The zero-order valence-corrected chi connectivity index (χ0v) is 9.39. The molecule has 0 bridgehead atoms. The molecule has 0 fully saturated rings. The molecule has 0 aromatic heterocycles. The summed E-state index contributed by atoms with van der Waals surface area (Å²) < 4.78 is 0.990. The average Bonchev–Trinajstić information content (AvgIpc) is 2.17. The number of carbonyl (C=O) groups is 1. The second-order valence-electron chi connectivity index (χ2n) is 2.62. The van der Waals surface area contributed by atoms with Crippen molar-refractivity contribution in [2.75, 3.05) is 0 Å². The second kappa shape index (κ2) is 4.58. The van der Waals surface area contributed by atoms with Crippen LogP contribution in [0, 0.1) is 0 Å². The highest BCUT2D eigenvalue weighted by atomic mass is 79.9. The molecule has 0 saturated carbocycles. The Balaban J connectivity index is 3.09. The summed E-state index contributed by atoms with van der Waals surface area (Å²) in [5, 5.41) is 0.502. The van der Waals surface area contributed by atoms with E-state index in [0.717, 1.165) is 16.3 Å². The van der Waals surface area contributed by atoms with Crippen molar-refractivity contribution in [3.63, 3.8) is 0 Å². The third-order valence-electron chi connectivity index (χ3n) is 1.62. The minimum Gasteiger partial charge on any atom is -0.298 e. The molecule has 0 spiro atoms. The monoisotopic (exact) mass is 258 g/mol. The summed E-state index contributed by atoms with van der Waals surface area (Å²) in [7, 11) is 0. The van der Waals surface area contributed by atoms with Gasteiger partial charge in [-0.05, 0) is 24.6 Å². The summed E-state index contributed by atoms with van der Waals surface area (Å²) in [5.74, 6) is 0. The number of allylic oxidation sites excluding steroid dienone is 1. The van der Waals surface area contributed by atoms with Gasteiger partial charge in [-0.1, -0.05) is 39.7 Å². The molecule has 0 radical (unpaired) electrons. The van der Waals surface area contributed by atoms with Crippen LogP contribution in [0.5, 0.6) is 0 Å².